The van der Waals surface area contributed by atoms with E-state index in [9.17, 15) is 14.0 Å². The van der Waals surface area contributed by atoms with Gasteiger partial charge in [-0.2, -0.15) is 5.10 Å². The Bertz CT molecular complexity index is 1940. The first-order valence-corrected chi connectivity index (χ1v) is 15.7. The van der Waals surface area contributed by atoms with Gasteiger partial charge in [-0.3, -0.25) is 19.6 Å². The van der Waals surface area contributed by atoms with Gasteiger partial charge in [0.05, 0.1) is 17.8 Å². The lowest BCUT2D eigenvalue weighted by Gasteiger charge is -2.30. The first kappa shape index (κ1) is 30.4. The molecule has 1 atom stereocenters. The zero-order chi connectivity index (χ0) is 32.4. The summed E-state index contributed by atoms with van der Waals surface area (Å²) in [7, 11) is 1.78. The van der Waals surface area contributed by atoms with Crippen LogP contribution in [0.15, 0.2) is 91.3 Å². The fourth-order valence-corrected chi connectivity index (χ4v) is 6.43. The third kappa shape index (κ3) is 6.27. The lowest BCUT2D eigenvalue weighted by molar-refractivity contribution is -0.132. The van der Waals surface area contributed by atoms with Gasteiger partial charge in [-0.1, -0.05) is 30.3 Å². The molecule has 10 nitrogen and oxygen atoms in total. The van der Waals surface area contributed by atoms with Gasteiger partial charge in [0, 0.05) is 60.8 Å². The molecule has 4 heterocycles. The molecule has 0 bridgehead atoms. The molecule has 7 rings (SSSR count). The summed E-state index contributed by atoms with van der Waals surface area (Å²) in [4.78, 5) is 39.5. The Hall–Kier alpha value is -5.26. The molecule has 3 N–H and O–H groups in total. The maximum atomic E-state index is 13.7. The van der Waals surface area contributed by atoms with Crippen LogP contribution >= 0.6 is 0 Å². The van der Waals surface area contributed by atoms with E-state index in [4.69, 9.17) is 0 Å². The van der Waals surface area contributed by atoms with Crippen molar-refractivity contribution in [1.82, 2.24) is 35.3 Å². The molecular formula is C36H35FN8O2. The van der Waals surface area contributed by atoms with E-state index in [2.05, 4.69) is 49.0 Å². The molecule has 2 aliphatic rings. The minimum absolute atomic E-state index is 0.0583. The van der Waals surface area contributed by atoms with Crippen molar-refractivity contribution in [3.8, 4) is 22.6 Å². The molecule has 1 saturated heterocycles. The van der Waals surface area contributed by atoms with E-state index >= 15 is 0 Å². The Labute approximate surface area is 271 Å². The van der Waals surface area contributed by atoms with Gasteiger partial charge in [-0.25, -0.2) is 14.4 Å². The summed E-state index contributed by atoms with van der Waals surface area (Å²) in [5.74, 6) is 0.285. The fourth-order valence-electron chi connectivity index (χ4n) is 6.43. The summed E-state index contributed by atoms with van der Waals surface area (Å²) in [6.45, 7) is 2.51. The third-order valence-corrected chi connectivity index (χ3v) is 9.20. The average Bonchev–Trinajstić information content (AvgIpc) is 3.74. The van der Waals surface area contributed by atoms with Gasteiger partial charge < -0.3 is 15.5 Å². The van der Waals surface area contributed by atoms with Crippen molar-refractivity contribution in [2.75, 3.05) is 45.1 Å². The molecule has 2 aromatic heterocycles. The number of hydrogen-bond donors (Lipinski definition) is 3. The summed E-state index contributed by atoms with van der Waals surface area (Å²) < 4.78 is 13.5. The van der Waals surface area contributed by atoms with Crippen molar-refractivity contribution in [2.45, 2.75) is 18.4 Å². The zero-order valence-corrected chi connectivity index (χ0v) is 26.0. The molecule has 1 fully saturated rings. The fraction of sp³-hybridized carbons (Fsp3) is 0.250. The lowest BCUT2D eigenvalue weighted by atomic mass is 9.97. The first-order chi connectivity index (χ1) is 22.9. The maximum absolute atomic E-state index is 13.7. The lowest BCUT2D eigenvalue weighted by Crippen LogP contribution is -2.55. The number of likely N-dealkylation sites (N-methyl/N-ethyl adjacent to an activating group) is 1. The van der Waals surface area contributed by atoms with Crippen LogP contribution in [-0.2, 0) is 9.59 Å². The molecule has 0 radical (unpaired) electrons. The Balaban J connectivity index is 0.960. The van der Waals surface area contributed by atoms with Gasteiger partial charge in [-0.15, -0.1) is 0 Å². The van der Waals surface area contributed by atoms with E-state index in [-0.39, 0.29) is 24.2 Å². The maximum Gasteiger partial charge on any atom is 0.246 e. The SMILES string of the molecule is CNC1(C(=O)Nc2ccc3[nH]nc(-c4ccc(F)cc4)c3c2)CCN(CC(=O)N2CC=C(c3ccc(-c4ncccn4)cc3)CC2)C1. The predicted molar refractivity (Wildman–Crippen MR) is 180 cm³/mol. The topological polar surface area (TPSA) is 119 Å². The molecule has 0 saturated carbocycles. The molecular weight excluding hydrogens is 595 g/mol. The van der Waals surface area contributed by atoms with Crippen LogP contribution in [0.4, 0.5) is 10.1 Å². The van der Waals surface area contributed by atoms with Crippen molar-refractivity contribution in [2.24, 2.45) is 0 Å². The normalized spacial score (nSPS) is 18.3. The number of amides is 2. The molecule has 2 aliphatic heterocycles. The highest BCUT2D eigenvalue weighted by molar-refractivity contribution is 6.02. The van der Waals surface area contributed by atoms with Crippen LogP contribution in [0.1, 0.15) is 18.4 Å². The highest BCUT2D eigenvalue weighted by Gasteiger charge is 2.44. The number of carbonyl (C=O) groups is 2. The molecule has 47 heavy (non-hydrogen) atoms. The Morgan fingerprint density at radius 3 is 2.43 bits per heavy atom. The molecule has 3 aromatic carbocycles. The summed E-state index contributed by atoms with van der Waals surface area (Å²) in [5, 5.41) is 14.6. The molecule has 0 aliphatic carbocycles. The van der Waals surface area contributed by atoms with Crippen molar-refractivity contribution in [1.29, 1.82) is 0 Å². The molecule has 11 heteroatoms. The highest BCUT2D eigenvalue weighted by atomic mass is 19.1. The first-order valence-electron chi connectivity index (χ1n) is 15.7. The number of fused-ring (bicyclic) bond motifs is 1. The van der Waals surface area contributed by atoms with Crippen LogP contribution in [0.25, 0.3) is 39.1 Å². The van der Waals surface area contributed by atoms with E-state index in [0.717, 1.165) is 34.0 Å². The van der Waals surface area contributed by atoms with Crippen LogP contribution in [0.3, 0.4) is 0 Å². The van der Waals surface area contributed by atoms with E-state index < -0.39 is 5.54 Å². The van der Waals surface area contributed by atoms with Crippen molar-refractivity contribution in [3.05, 3.63) is 103 Å². The van der Waals surface area contributed by atoms with Crippen molar-refractivity contribution < 1.29 is 14.0 Å². The van der Waals surface area contributed by atoms with Crippen LogP contribution < -0.4 is 10.6 Å². The quantitative estimate of drug-likeness (QED) is 0.227. The van der Waals surface area contributed by atoms with Gasteiger partial charge in [0.2, 0.25) is 11.8 Å². The van der Waals surface area contributed by atoms with Crippen molar-refractivity contribution >= 4 is 34.0 Å². The number of anilines is 1. The zero-order valence-electron chi connectivity index (χ0n) is 26.0. The molecule has 1 unspecified atom stereocenters. The number of aromatic amines is 1. The second-order valence-corrected chi connectivity index (χ2v) is 12.1. The van der Waals surface area contributed by atoms with Gasteiger partial charge in [-0.05, 0) is 79.6 Å². The monoisotopic (exact) mass is 630 g/mol. The van der Waals surface area contributed by atoms with Crippen LogP contribution in [0.2, 0.25) is 0 Å². The summed E-state index contributed by atoms with van der Waals surface area (Å²) in [5.41, 5.74) is 5.40. The third-order valence-electron chi connectivity index (χ3n) is 9.20. The van der Waals surface area contributed by atoms with Crippen LogP contribution in [0.5, 0.6) is 0 Å². The Morgan fingerprint density at radius 1 is 0.957 bits per heavy atom. The number of likely N-dealkylation sites (tertiary alicyclic amines) is 1. The van der Waals surface area contributed by atoms with E-state index in [0.29, 0.717) is 49.8 Å². The largest absolute Gasteiger partial charge is 0.338 e. The Morgan fingerprint density at radius 2 is 1.70 bits per heavy atom. The van der Waals surface area contributed by atoms with Crippen LogP contribution in [-0.4, -0.2) is 87.1 Å². The number of H-pyrrole nitrogens is 1. The number of carbonyl (C=O) groups excluding carboxylic acids is 2. The summed E-state index contributed by atoms with van der Waals surface area (Å²) >= 11 is 0. The number of nitrogens with zero attached hydrogens (tertiary/aromatic N) is 5. The van der Waals surface area contributed by atoms with Gasteiger partial charge in [0.25, 0.3) is 0 Å². The number of hydrogen-bond acceptors (Lipinski definition) is 7. The molecule has 238 valence electrons. The minimum Gasteiger partial charge on any atom is -0.338 e. The standard InChI is InChI=1S/C36H35FN8O2/c1-38-36(35(47)41-29-11-12-31-30(21-29)33(43-42-31)26-7-9-28(37)10-8-26)15-20-44(23-36)22-32(46)45-18-13-25(14-19-45)24-3-5-27(6-4-24)34-39-16-2-17-40-34/h2-13,16-17,21,38H,14-15,18-20,22-23H2,1H3,(H,41,47)(H,42,43). The average molecular weight is 631 g/mol. The number of nitrogens with one attached hydrogen (secondary N) is 3. The molecule has 0 spiro atoms. The van der Waals surface area contributed by atoms with E-state index in [1.54, 1.807) is 37.6 Å². The summed E-state index contributed by atoms with van der Waals surface area (Å²) in [6, 6.07) is 21.8. The second kappa shape index (κ2) is 12.9. The van der Waals surface area contributed by atoms with Crippen LogP contribution in [0, 0.1) is 5.82 Å². The molecule has 5 aromatic rings. The number of aromatic nitrogens is 4. The van der Waals surface area contributed by atoms with Gasteiger partial charge in [0.15, 0.2) is 5.82 Å². The number of benzene rings is 3. The van der Waals surface area contributed by atoms with E-state index in [1.165, 1.54) is 17.7 Å². The minimum atomic E-state index is -0.836. The second-order valence-electron chi connectivity index (χ2n) is 12.1. The highest BCUT2D eigenvalue weighted by Crippen LogP contribution is 2.30. The van der Waals surface area contributed by atoms with Gasteiger partial charge >= 0.3 is 0 Å². The summed E-state index contributed by atoms with van der Waals surface area (Å²) in [6.07, 6.45) is 6.95. The van der Waals surface area contributed by atoms with Crippen molar-refractivity contribution in [3.63, 3.8) is 0 Å². The molecule has 2 amide bonds. The van der Waals surface area contributed by atoms with Gasteiger partial charge in [0.1, 0.15) is 11.4 Å². The smallest absolute Gasteiger partial charge is 0.246 e. The predicted octanol–water partition coefficient (Wildman–Crippen LogP) is 4.74. The number of rotatable bonds is 8. The van der Waals surface area contributed by atoms with E-state index in [1.807, 2.05) is 40.1 Å². The number of halogens is 1. The Kier molecular flexibility index (Phi) is 8.32.